The van der Waals surface area contributed by atoms with Gasteiger partial charge in [0.1, 0.15) is 6.61 Å². The maximum Gasteiger partial charge on any atom is 0.409 e. The molecule has 0 saturated carbocycles. The Morgan fingerprint density at radius 2 is 2.33 bits per heavy atom. The molecule has 0 aromatic carbocycles. The molecule has 2 atom stereocenters. The standard InChI is InChI=1S/C10H18N2O3/c1-14-2-3-15-10(13)12-6-8-4-9(7-12)11-5-8/h8-9,11H,2-7H2,1H3/t8-,9-/m1/s1. The summed E-state index contributed by atoms with van der Waals surface area (Å²) in [4.78, 5) is 13.4. The summed E-state index contributed by atoms with van der Waals surface area (Å²) in [7, 11) is 1.60. The third kappa shape index (κ3) is 2.60. The minimum Gasteiger partial charge on any atom is -0.447 e. The fourth-order valence-corrected chi connectivity index (χ4v) is 2.29. The minimum atomic E-state index is -0.203. The predicted octanol–water partition coefficient (Wildman–Crippen LogP) is 0.0631. The van der Waals surface area contributed by atoms with Crippen LogP contribution in [0, 0.1) is 5.92 Å². The molecule has 2 aliphatic rings. The lowest BCUT2D eigenvalue weighted by Gasteiger charge is -2.30. The number of nitrogens with one attached hydrogen (secondary N) is 1. The van der Waals surface area contributed by atoms with Gasteiger partial charge in [-0.2, -0.15) is 0 Å². The molecule has 2 aliphatic heterocycles. The summed E-state index contributed by atoms with van der Waals surface area (Å²) in [5.41, 5.74) is 0. The van der Waals surface area contributed by atoms with Gasteiger partial charge in [-0.15, -0.1) is 0 Å². The maximum atomic E-state index is 11.6. The Kier molecular flexibility index (Phi) is 3.43. The van der Waals surface area contributed by atoms with Crippen LogP contribution in [0.25, 0.3) is 0 Å². The Morgan fingerprint density at radius 1 is 1.47 bits per heavy atom. The first-order valence-electron chi connectivity index (χ1n) is 5.43. The van der Waals surface area contributed by atoms with Crippen LogP contribution in [-0.2, 0) is 9.47 Å². The molecule has 0 spiro atoms. The number of carbonyl (C=O) groups excluding carboxylic acids is 1. The van der Waals surface area contributed by atoms with Crippen molar-refractivity contribution in [3.8, 4) is 0 Å². The number of ether oxygens (including phenoxy) is 2. The molecule has 0 radical (unpaired) electrons. The van der Waals surface area contributed by atoms with E-state index in [4.69, 9.17) is 9.47 Å². The number of rotatable bonds is 3. The van der Waals surface area contributed by atoms with Crippen LogP contribution < -0.4 is 5.32 Å². The molecular weight excluding hydrogens is 196 g/mol. The van der Waals surface area contributed by atoms with Crippen molar-refractivity contribution < 1.29 is 14.3 Å². The highest BCUT2D eigenvalue weighted by molar-refractivity contribution is 5.67. The van der Waals surface area contributed by atoms with Crippen molar-refractivity contribution in [2.24, 2.45) is 5.92 Å². The Morgan fingerprint density at radius 3 is 3.07 bits per heavy atom. The van der Waals surface area contributed by atoms with Gasteiger partial charge < -0.3 is 19.7 Å². The molecule has 2 saturated heterocycles. The van der Waals surface area contributed by atoms with Crippen LogP contribution >= 0.6 is 0 Å². The lowest BCUT2D eigenvalue weighted by atomic mass is 10.0. The van der Waals surface area contributed by atoms with E-state index >= 15 is 0 Å². The highest BCUT2D eigenvalue weighted by Gasteiger charge is 2.35. The zero-order valence-electron chi connectivity index (χ0n) is 9.07. The van der Waals surface area contributed by atoms with E-state index in [1.165, 1.54) is 6.42 Å². The van der Waals surface area contributed by atoms with Crippen molar-refractivity contribution >= 4 is 6.09 Å². The Hall–Kier alpha value is -0.810. The largest absolute Gasteiger partial charge is 0.447 e. The molecule has 0 unspecified atom stereocenters. The molecule has 0 aromatic rings. The lowest BCUT2D eigenvalue weighted by molar-refractivity contribution is 0.0631. The summed E-state index contributed by atoms with van der Waals surface area (Å²) in [5.74, 6) is 0.610. The van der Waals surface area contributed by atoms with Gasteiger partial charge in [-0.25, -0.2) is 4.79 Å². The van der Waals surface area contributed by atoms with E-state index in [1.807, 2.05) is 0 Å². The van der Waals surface area contributed by atoms with Gasteiger partial charge in [0.2, 0.25) is 0 Å². The molecular formula is C10H18N2O3. The Labute approximate surface area is 89.7 Å². The van der Waals surface area contributed by atoms with Gasteiger partial charge in [-0.05, 0) is 12.3 Å². The number of hydrogen-bond donors (Lipinski definition) is 1. The van der Waals surface area contributed by atoms with E-state index in [-0.39, 0.29) is 6.09 Å². The molecule has 2 rings (SSSR count). The predicted molar refractivity (Wildman–Crippen MR) is 54.7 cm³/mol. The van der Waals surface area contributed by atoms with Crippen LogP contribution in [0.15, 0.2) is 0 Å². The van der Waals surface area contributed by atoms with Gasteiger partial charge in [0.05, 0.1) is 6.61 Å². The van der Waals surface area contributed by atoms with Crippen molar-refractivity contribution in [1.29, 1.82) is 0 Å². The summed E-state index contributed by atoms with van der Waals surface area (Å²) in [5, 5.41) is 3.40. The summed E-state index contributed by atoms with van der Waals surface area (Å²) in [6, 6.07) is 0.471. The summed E-state index contributed by atoms with van der Waals surface area (Å²) >= 11 is 0. The maximum absolute atomic E-state index is 11.6. The quantitative estimate of drug-likeness (QED) is 0.675. The minimum absolute atomic E-state index is 0.203. The molecule has 15 heavy (non-hydrogen) atoms. The highest BCUT2D eigenvalue weighted by Crippen LogP contribution is 2.22. The number of fused-ring (bicyclic) bond motifs is 2. The van der Waals surface area contributed by atoms with Gasteiger partial charge in [0, 0.05) is 32.8 Å². The van der Waals surface area contributed by atoms with E-state index in [0.717, 1.165) is 19.6 Å². The van der Waals surface area contributed by atoms with Crippen molar-refractivity contribution in [1.82, 2.24) is 10.2 Å². The molecule has 5 nitrogen and oxygen atoms in total. The Balaban J connectivity index is 1.76. The number of hydrogen-bond acceptors (Lipinski definition) is 4. The highest BCUT2D eigenvalue weighted by atomic mass is 16.6. The van der Waals surface area contributed by atoms with E-state index < -0.39 is 0 Å². The second kappa shape index (κ2) is 4.81. The lowest BCUT2D eigenvalue weighted by Crippen LogP contribution is -2.44. The Bertz CT molecular complexity index is 223. The normalized spacial score (nSPS) is 29.3. The van der Waals surface area contributed by atoms with Crippen LogP contribution in [0.2, 0.25) is 0 Å². The number of carbonyl (C=O) groups is 1. The fraction of sp³-hybridized carbons (Fsp3) is 0.900. The van der Waals surface area contributed by atoms with E-state index in [0.29, 0.717) is 25.2 Å². The molecule has 5 heteroatoms. The third-order valence-corrected chi connectivity index (χ3v) is 3.00. The molecule has 2 fully saturated rings. The van der Waals surface area contributed by atoms with Gasteiger partial charge in [0.15, 0.2) is 0 Å². The zero-order chi connectivity index (χ0) is 10.7. The number of amides is 1. The van der Waals surface area contributed by atoms with Crippen molar-refractivity contribution in [3.63, 3.8) is 0 Å². The second-order valence-corrected chi connectivity index (χ2v) is 4.22. The second-order valence-electron chi connectivity index (χ2n) is 4.22. The van der Waals surface area contributed by atoms with Crippen molar-refractivity contribution in [3.05, 3.63) is 0 Å². The average Bonchev–Trinajstić information content (AvgIpc) is 2.58. The fourth-order valence-electron chi connectivity index (χ4n) is 2.29. The van der Waals surface area contributed by atoms with Crippen LogP contribution in [0.5, 0.6) is 0 Å². The summed E-state index contributed by atoms with van der Waals surface area (Å²) in [6.07, 6.45) is 0.993. The summed E-state index contributed by atoms with van der Waals surface area (Å²) in [6.45, 7) is 3.45. The van der Waals surface area contributed by atoms with E-state index in [2.05, 4.69) is 5.32 Å². The van der Waals surface area contributed by atoms with Gasteiger partial charge in [-0.3, -0.25) is 0 Å². The third-order valence-electron chi connectivity index (χ3n) is 3.00. The van der Waals surface area contributed by atoms with Crippen molar-refractivity contribution in [2.75, 3.05) is 40.0 Å². The average molecular weight is 214 g/mol. The van der Waals surface area contributed by atoms with Gasteiger partial charge >= 0.3 is 6.09 Å². The first-order valence-corrected chi connectivity index (χ1v) is 5.43. The van der Waals surface area contributed by atoms with E-state index in [1.54, 1.807) is 12.0 Å². The zero-order valence-corrected chi connectivity index (χ0v) is 9.07. The number of piperidine rings is 1. The van der Waals surface area contributed by atoms with Crippen LogP contribution in [0.3, 0.4) is 0 Å². The molecule has 1 N–H and O–H groups in total. The SMILES string of the molecule is COCCOC(=O)N1C[C@H]2CN[C@H](C2)C1. The molecule has 86 valence electrons. The van der Waals surface area contributed by atoms with Crippen LogP contribution in [0.1, 0.15) is 6.42 Å². The molecule has 1 amide bonds. The van der Waals surface area contributed by atoms with Gasteiger partial charge in [0.25, 0.3) is 0 Å². The van der Waals surface area contributed by atoms with Crippen LogP contribution in [-0.4, -0.2) is 57.0 Å². The van der Waals surface area contributed by atoms with Crippen LogP contribution in [0.4, 0.5) is 4.79 Å². The number of methoxy groups -OCH3 is 1. The monoisotopic (exact) mass is 214 g/mol. The number of likely N-dealkylation sites (tertiary alicyclic amines) is 1. The van der Waals surface area contributed by atoms with E-state index in [9.17, 15) is 4.79 Å². The molecule has 0 aliphatic carbocycles. The first kappa shape index (κ1) is 10.7. The van der Waals surface area contributed by atoms with Gasteiger partial charge in [-0.1, -0.05) is 0 Å². The molecule has 2 bridgehead atoms. The first-order chi connectivity index (χ1) is 7.29. The number of nitrogens with zero attached hydrogens (tertiary/aromatic N) is 1. The molecule has 2 heterocycles. The van der Waals surface area contributed by atoms with Crippen molar-refractivity contribution in [2.45, 2.75) is 12.5 Å². The summed E-state index contributed by atoms with van der Waals surface area (Å²) < 4.78 is 9.91. The smallest absolute Gasteiger partial charge is 0.409 e. The topological polar surface area (TPSA) is 50.8 Å². The molecule has 0 aromatic heterocycles.